The molecule has 3 heterocycles. The number of amides is 7. The maximum absolute atomic E-state index is 11.4. The van der Waals surface area contributed by atoms with Gasteiger partial charge in [0.25, 0.3) is 0 Å². The molecule has 3 fully saturated rings. The first-order chi connectivity index (χ1) is 62.2. The molecule has 0 saturated carbocycles. The van der Waals surface area contributed by atoms with E-state index in [1.807, 2.05) is 102 Å². The third kappa shape index (κ3) is 67.5. The maximum atomic E-state index is 11.4. The van der Waals surface area contributed by atoms with E-state index in [1.54, 1.807) is 35.8 Å². The van der Waals surface area contributed by atoms with Gasteiger partial charge in [0.15, 0.2) is 0 Å². The standard InChI is InChI=1S/C12H15NO3.C12H13NO3.C10H17NO3.C10H15NO3.C9H16N2O3.C6H11NO3.C6H9NO3.C6H12O2.C6H10O2.C5H10O3.C5H8O3.2CO2/c2*1-9(14)13-11(12(15)16-2)8-10-6-4-3-5-7-10;2*1-3-5-8(10(13)14-2)11-7-4-6-9(11)12;1-2-4-7(9(13)14-10)11-6-3-5-8(11)12;2*1-4(6(9)10-3)7-5(2)8;2*1-4-5(2)6(7)8-3;2*1-4(3-6)5(7)8-2;2*2-1-3/h3-7,11H,8H2,1-2H3,(H,13,14);3-8H,1-2H3,(H,13,14);8H,3-7H2,1-2H3;5H,3-4,6-7H2,1-2H3;7H,2-6,10H2,1H3;4H,1-3H3,(H,7,8);1H2,2-3H3,(H,7,8);5H,4H2,1-3H3;2,4H2,1,3H3;4,6H,3H2,1-2H3;6H,1,3H2,2H3;;/b;11-8-;;8-5-;;;;;;;;;. The molecule has 0 aliphatic carbocycles. The van der Waals surface area contributed by atoms with Crippen molar-refractivity contribution in [2.45, 2.75) is 197 Å². The van der Waals surface area contributed by atoms with Crippen molar-refractivity contribution in [3.8, 4) is 0 Å². The van der Waals surface area contributed by atoms with E-state index in [0.717, 1.165) is 49.7 Å². The van der Waals surface area contributed by atoms with Gasteiger partial charge in [-0.2, -0.15) is 25.1 Å². The summed E-state index contributed by atoms with van der Waals surface area (Å²) in [4.78, 5) is 238. The number of hydrogen-bond acceptors (Lipinski definition) is 36. The Kier molecular flexibility index (Phi) is 86.5. The van der Waals surface area contributed by atoms with Gasteiger partial charge in [0, 0.05) is 78.6 Å². The van der Waals surface area contributed by atoms with E-state index in [4.69, 9.17) is 40.0 Å². The SMILES string of the molecule is C=C(CC)C(=O)OC.C=C(CO)C(=O)OC.C=C(NC(C)=O)C(=O)OC.CC/C=C(/C(=O)OC)N1CCCC1=O.CCC(C)C(=O)OC.CCCC(C(=O)OC)N1CCCC1=O.CCCC(C(=O)ON)N1CCCC1=O.COC(=O)/C(=C/c1ccccc1)NC(C)=O.COC(=O)C(C)CO.COC(=O)C(C)NC(C)=O.COC(=O)C(Cc1ccccc1)NC(C)=O.O=C=O.O=C=O. The summed E-state index contributed by atoms with van der Waals surface area (Å²) in [6, 6.07) is 16.7. The second-order valence-corrected chi connectivity index (χ2v) is 26.6. The molecule has 7 amide bonds. The molecule has 0 spiro atoms. The molecule has 43 nitrogen and oxygen atoms in total. The molecule has 5 rings (SSSR count). The van der Waals surface area contributed by atoms with Crippen LogP contribution in [-0.2, 0) is 164 Å². The van der Waals surface area contributed by atoms with E-state index < -0.39 is 59.9 Å². The summed E-state index contributed by atoms with van der Waals surface area (Å²) in [6.45, 7) is 31.5. The normalized spacial score (nSPS) is 12.7. The van der Waals surface area contributed by atoms with Crippen molar-refractivity contribution in [3.63, 3.8) is 0 Å². The zero-order valence-electron chi connectivity index (χ0n) is 79.7. The number of carbonyl (C=O) groups is 18. The summed E-state index contributed by atoms with van der Waals surface area (Å²) in [5, 5.41) is 26.1. The van der Waals surface area contributed by atoms with Crippen LogP contribution >= 0.6 is 0 Å². The third-order valence-electron chi connectivity index (χ3n) is 16.5. The minimum absolute atomic E-state index is 0.00935. The lowest BCUT2D eigenvalue weighted by Gasteiger charge is -2.24. The molecule has 3 aliphatic rings. The van der Waals surface area contributed by atoms with Crippen molar-refractivity contribution in [2.24, 2.45) is 17.7 Å². The van der Waals surface area contributed by atoms with E-state index in [-0.39, 0.29) is 126 Å². The number of aliphatic hydroxyl groups is 2. The van der Waals surface area contributed by atoms with Crippen molar-refractivity contribution >= 4 is 125 Å². The van der Waals surface area contributed by atoms with Gasteiger partial charge >= 0.3 is 78.0 Å². The van der Waals surface area contributed by atoms with Crippen LogP contribution in [0.5, 0.6) is 0 Å². The molecule has 8 N–H and O–H groups in total. The molecule has 132 heavy (non-hydrogen) atoms. The number of nitrogens with two attached hydrogens (primary N) is 1. The summed E-state index contributed by atoms with van der Waals surface area (Å²) in [7, 11) is 13.1. The molecule has 0 bridgehead atoms. The smallest absolute Gasteiger partial charge is 0.373 e. The number of rotatable bonds is 30. The number of methoxy groups -OCH3 is 10. The molecule has 43 heteroatoms. The second kappa shape index (κ2) is 85.3. The Hall–Kier alpha value is -13.8. The van der Waals surface area contributed by atoms with E-state index in [9.17, 15) is 86.3 Å². The molecule has 2 aromatic carbocycles. The Bertz CT molecular complexity index is 3870. The maximum Gasteiger partial charge on any atom is 0.373 e. The van der Waals surface area contributed by atoms with Crippen LogP contribution in [0, 0.1) is 11.8 Å². The van der Waals surface area contributed by atoms with Crippen LogP contribution < -0.4 is 27.2 Å². The topological polar surface area (TPSA) is 601 Å². The van der Waals surface area contributed by atoms with Gasteiger partial charge in [-0.3, -0.25) is 43.2 Å². The Morgan fingerprint density at radius 1 is 0.470 bits per heavy atom. The molecule has 0 radical (unpaired) electrons. The van der Waals surface area contributed by atoms with Crippen molar-refractivity contribution in [2.75, 3.05) is 104 Å². The summed E-state index contributed by atoms with van der Waals surface area (Å²) in [5.74, 6) is -1.19. The van der Waals surface area contributed by atoms with E-state index in [0.29, 0.717) is 82.3 Å². The number of hydrogen-bond donors (Lipinski definition) is 7. The Balaban J connectivity index is -0.000000214. The molecular formula is C89H136N8O35. The second-order valence-electron chi connectivity index (χ2n) is 26.6. The highest BCUT2D eigenvalue weighted by Gasteiger charge is 2.35. The summed E-state index contributed by atoms with van der Waals surface area (Å²) in [6.07, 6.45) is 13.6. The lowest BCUT2D eigenvalue weighted by Crippen LogP contribution is -2.43. The van der Waals surface area contributed by atoms with Gasteiger partial charge < -0.3 is 98.4 Å². The fraction of sp³-hybridized carbons (Fsp3) is 0.528. The zero-order valence-corrected chi connectivity index (χ0v) is 79.7. The fourth-order valence-electron chi connectivity index (χ4n) is 9.73. The van der Waals surface area contributed by atoms with Crippen LogP contribution in [-0.4, -0.2) is 272 Å². The first kappa shape index (κ1) is 134. The number of likely N-dealkylation sites (tertiary alicyclic amines) is 3. The molecule has 0 aromatic heterocycles. The molecule has 3 saturated heterocycles. The van der Waals surface area contributed by atoms with Gasteiger partial charge in [-0.1, -0.05) is 141 Å². The molecule has 6 unspecified atom stereocenters. The van der Waals surface area contributed by atoms with Gasteiger partial charge in [-0.15, -0.1) is 0 Å². The van der Waals surface area contributed by atoms with Crippen molar-refractivity contribution in [1.29, 1.82) is 0 Å². The summed E-state index contributed by atoms with van der Waals surface area (Å²) < 4.78 is 44.5. The quantitative estimate of drug-likeness (QED) is 0.0243. The molecule has 3 aliphatic heterocycles. The van der Waals surface area contributed by atoms with Gasteiger partial charge in [0.05, 0.1) is 102 Å². The molecule has 6 atom stereocenters. The van der Waals surface area contributed by atoms with Gasteiger partial charge in [0.2, 0.25) is 41.4 Å². The first-order valence-electron chi connectivity index (χ1n) is 40.7. The molecule has 742 valence electrons. The van der Waals surface area contributed by atoms with Crippen molar-refractivity contribution in [3.05, 3.63) is 126 Å². The number of ether oxygens (including phenoxy) is 10. The summed E-state index contributed by atoms with van der Waals surface area (Å²) >= 11 is 0. The predicted octanol–water partition coefficient (Wildman–Crippen LogP) is 4.62. The highest BCUT2D eigenvalue weighted by Crippen LogP contribution is 2.21. The van der Waals surface area contributed by atoms with Crippen LogP contribution in [0.25, 0.3) is 6.08 Å². The van der Waals surface area contributed by atoms with E-state index in [2.05, 4.69) is 88.5 Å². The van der Waals surface area contributed by atoms with Crippen LogP contribution in [0.1, 0.15) is 178 Å². The van der Waals surface area contributed by atoms with E-state index in [1.165, 1.54) is 104 Å². The van der Waals surface area contributed by atoms with Crippen LogP contribution in [0.15, 0.2) is 115 Å². The third-order valence-corrected chi connectivity index (χ3v) is 16.5. The van der Waals surface area contributed by atoms with Gasteiger partial charge in [-0.25, -0.2) is 43.2 Å². The Labute approximate surface area is 770 Å². The highest BCUT2D eigenvalue weighted by atomic mass is 16.7. The fourth-order valence-corrected chi connectivity index (χ4v) is 9.73. The average Bonchev–Trinajstić information content (AvgIpc) is 1.72. The first-order valence-corrected chi connectivity index (χ1v) is 40.7. The summed E-state index contributed by atoms with van der Waals surface area (Å²) in [5.41, 5.74) is 2.86. The lowest BCUT2D eigenvalue weighted by atomic mass is 10.1. The number of benzene rings is 2. The number of carbonyl (C=O) groups excluding carboxylic acids is 22. The molecule has 2 aromatic rings. The largest absolute Gasteiger partial charge is 0.469 e. The highest BCUT2D eigenvalue weighted by molar-refractivity contribution is 5.98. The van der Waals surface area contributed by atoms with Crippen molar-refractivity contribution in [1.82, 2.24) is 36.0 Å². The number of nitrogens with zero attached hydrogens (tertiary/aromatic N) is 3. The molecular weight excluding hydrogens is 1740 g/mol. The average molecular weight is 1880 g/mol. The monoisotopic (exact) mass is 1880 g/mol. The van der Waals surface area contributed by atoms with Crippen LogP contribution in [0.2, 0.25) is 0 Å². The van der Waals surface area contributed by atoms with Crippen LogP contribution in [0.3, 0.4) is 0 Å². The van der Waals surface area contributed by atoms with Crippen molar-refractivity contribution < 1.29 is 168 Å². The minimum atomic E-state index is -0.629. The number of aliphatic hydroxyl groups excluding tert-OH is 2. The van der Waals surface area contributed by atoms with E-state index >= 15 is 0 Å². The number of allylic oxidation sites excluding steroid dienone is 1. The Morgan fingerprint density at radius 3 is 1.16 bits per heavy atom. The Morgan fingerprint density at radius 2 is 0.864 bits per heavy atom. The minimum Gasteiger partial charge on any atom is -0.469 e. The van der Waals surface area contributed by atoms with Crippen LogP contribution in [0.4, 0.5) is 0 Å². The zero-order chi connectivity index (χ0) is 104. The van der Waals surface area contributed by atoms with Gasteiger partial charge in [0.1, 0.15) is 41.3 Å². The predicted molar refractivity (Wildman–Crippen MR) is 473 cm³/mol. The lowest BCUT2D eigenvalue weighted by molar-refractivity contribution is -0.193. The number of esters is 10. The number of nitrogens with one attached hydrogen (secondary N) is 4. The van der Waals surface area contributed by atoms with Gasteiger partial charge in [-0.05, 0) is 82.4 Å².